The molecule has 0 aromatic heterocycles. The van der Waals surface area contributed by atoms with Crippen molar-refractivity contribution in [3.8, 4) is 0 Å². The molecule has 1 fully saturated rings. The number of sulfonamides is 1. The quantitative estimate of drug-likeness (QED) is 0.706. The second-order valence-corrected chi connectivity index (χ2v) is 9.64. The number of amides is 1. The van der Waals surface area contributed by atoms with E-state index in [-0.39, 0.29) is 40.9 Å². The molecule has 156 valence electrons. The van der Waals surface area contributed by atoms with Crippen LogP contribution in [-0.4, -0.2) is 43.7 Å². The third kappa shape index (κ3) is 4.63. The van der Waals surface area contributed by atoms with Crippen LogP contribution < -0.4 is 0 Å². The van der Waals surface area contributed by atoms with Gasteiger partial charge in [-0.25, -0.2) is 12.8 Å². The van der Waals surface area contributed by atoms with E-state index in [0.717, 1.165) is 17.7 Å². The van der Waals surface area contributed by atoms with Crippen LogP contribution in [0.4, 0.5) is 4.39 Å². The zero-order valence-corrected chi connectivity index (χ0v) is 18.0. The molecule has 2 aromatic rings. The summed E-state index contributed by atoms with van der Waals surface area (Å²) in [7, 11) is -1.99. The summed E-state index contributed by atoms with van der Waals surface area (Å²) in [5.74, 6) is -0.872. The van der Waals surface area contributed by atoms with Crippen LogP contribution in [0, 0.1) is 11.7 Å². The van der Waals surface area contributed by atoms with Gasteiger partial charge < -0.3 is 4.90 Å². The Labute approximate surface area is 176 Å². The van der Waals surface area contributed by atoms with E-state index in [9.17, 15) is 17.6 Å². The van der Waals surface area contributed by atoms with Gasteiger partial charge in [0.2, 0.25) is 15.9 Å². The van der Waals surface area contributed by atoms with Gasteiger partial charge in [0.05, 0.1) is 16.0 Å². The first-order chi connectivity index (χ1) is 13.7. The Morgan fingerprint density at radius 2 is 1.79 bits per heavy atom. The minimum atomic E-state index is -3.77. The van der Waals surface area contributed by atoms with Crippen molar-refractivity contribution < 1.29 is 17.6 Å². The number of benzene rings is 2. The maximum Gasteiger partial charge on any atom is 0.243 e. The molecule has 1 aliphatic rings. The molecule has 0 N–H and O–H groups in total. The first kappa shape index (κ1) is 21.7. The summed E-state index contributed by atoms with van der Waals surface area (Å²) < 4.78 is 40.3. The van der Waals surface area contributed by atoms with E-state index in [0.29, 0.717) is 12.8 Å². The summed E-state index contributed by atoms with van der Waals surface area (Å²) in [5.41, 5.74) is 1.05. The highest BCUT2D eigenvalue weighted by Crippen LogP contribution is 2.29. The normalized spacial score (nSPS) is 17.1. The lowest BCUT2D eigenvalue weighted by Crippen LogP contribution is -2.43. The Hall–Kier alpha value is -1.96. The van der Waals surface area contributed by atoms with Crippen LogP contribution in [0.3, 0.4) is 0 Å². The van der Waals surface area contributed by atoms with E-state index in [2.05, 4.69) is 0 Å². The van der Waals surface area contributed by atoms with Gasteiger partial charge in [0.1, 0.15) is 5.82 Å². The van der Waals surface area contributed by atoms with Crippen LogP contribution in [0.1, 0.15) is 31.4 Å². The van der Waals surface area contributed by atoms with Gasteiger partial charge >= 0.3 is 0 Å². The molecule has 1 atom stereocenters. The number of carbonyl (C=O) groups is 1. The fourth-order valence-electron chi connectivity index (χ4n) is 3.56. The smallest absolute Gasteiger partial charge is 0.243 e. The number of carbonyl (C=O) groups excluding carboxylic acids is 1. The molecule has 0 saturated carbocycles. The predicted octanol–water partition coefficient (Wildman–Crippen LogP) is 4.10. The summed E-state index contributed by atoms with van der Waals surface area (Å²) in [4.78, 5) is 14.6. The van der Waals surface area contributed by atoms with Crippen molar-refractivity contribution in [2.75, 3.05) is 20.1 Å². The predicted molar refractivity (Wildman–Crippen MR) is 111 cm³/mol. The Bertz CT molecular complexity index is 977. The van der Waals surface area contributed by atoms with Crippen LogP contribution in [0.5, 0.6) is 0 Å². The molecule has 0 bridgehead atoms. The lowest BCUT2D eigenvalue weighted by Gasteiger charge is -2.34. The fourth-order valence-corrected chi connectivity index (χ4v) is 5.31. The first-order valence-electron chi connectivity index (χ1n) is 9.48. The van der Waals surface area contributed by atoms with E-state index in [1.165, 1.54) is 10.4 Å². The van der Waals surface area contributed by atoms with Gasteiger partial charge in [-0.05, 0) is 43.5 Å². The van der Waals surface area contributed by atoms with Crippen molar-refractivity contribution in [2.45, 2.75) is 30.7 Å². The molecular weight excluding hydrogens is 415 g/mol. The summed E-state index contributed by atoms with van der Waals surface area (Å²) >= 11 is 5.73. The molecule has 0 aliphatic carbocycles. The van der Waals surface area contributed by atoms with E-state index in [4.69, 9.17) is 11.6 Å². The molecule has 8 heteroatoms. The molecule has 0 radical (unpaired) electrons. The molecule has 1 heterocycles. The van der Waals surface area contributed by atoms with Gasteiger partial charge in [-0.2, -0.15) is 4.31 Å². The summed E-state index contributed by atoms with van der Waals surface area (Å²) in [6, 6.07) is 13.1. The number of halogens is 2. The maximum atomic E-state index is 13.4. The van der Waals surface area contributed by atoms with Crippen LogP contribution in [0.15, 0.2) is 53.4 Å². The Morgan fingerprint density at radius 3 is 2.38 bits per heavy atom. The molecular formula is C21H24ClFN2O3S. The molecule has 29 heavy (non-hydrogen) atoms. The molecule has 1 aliphatic heterocycles. The average Bonchev–Trinajstić information content (AvgIpc) is 2.74. The number of rotatable bonds is 5. The van der Waals surface area contributed by atoms with Crippen LogP contribution in [0.2, 0.25) is 5.02 Å². The van der Waals surface area contributed by atoms with Gasteiger partial charge in [-0.15, -0.1) is 0 Å². The number of nitrogens with zero attached hydrogens (tertiary/aromatic N) is 2. The number of piperidine rings is 1. The summed E-state index contributed by atoms with van der Waals surface area (Å²) in [6.45, 7) is 2.45. The summed E-state index contributed by atoms with van der Waals surface area (Å²) in [5, 5.41) is -0.229. The van der Waals surface area contributed by atoms with Gasteiger partial charge in [0, 0.05) is 26.1 Å². The van der Waals surface area contributed by atoms with Crippen LogP contribution in [-0.2, 0) is 14.8 Å². The minimum absolute atomic E-state index is 0.0169. The highest BCUT2D eigenvalue weighted by molar-refractivity contribution is 7.89. The second kappa shape index (κ2) is 8.81. The van der Waals surface area contributed by atoms with Crippen molar-refractivity contribution in [1.29, 1.82) is 0 Å². The largest absolute Gasteiger partial charge is 0.339 e. The highest BCUT2D eigenvalue weighted by Gasteiger charge is 2.34. The van der Waals surface area contributed by atoms with Crippen molar-refractivity contribution in [3.63, 3.8) is 0 Å². The molecule has 1 saturated heterocycles. The lowest BCUT2D eigenvalue weighted by atomic mass is 9.95. The average molecular weight is 439 g/mol. The van der Waals surface area contributed by atoms with Gasteiger partial charge in [0.15, 0.2) is 0 Å². The van der Waals surface area contributed by atoms with E-state index in [1.807, 2.05) is 37.3 Å². The van der Waals surface area contributed by atoms with Crippen molar-refractivity contribution in [3.05, 3.63) is 64.9 Å². The van der Waals surface area contributed by atoms with E-state index >= 15 is 0 Å². The van der Waals surface area contributed by atoms with Crippen LogP contribution >= 0.6 is 11.6 Å². The number of hydrogen-bond acceptors (Lipinski definition) is 3. The topological polar surface area (TPSA) is 57.7 Å². The summed E-state index contributed by atoms with van der Waals surface area (Å²) in [6.07, 6.45) is 0.887. The van der Waals surface area contributed by atoms with Gasteiger partial charge in [-0.3, -0.25) is 4.79 Å². The third-order valence-corrected chi connectivity index (χ3v) is 7.73. The Kier molecular flexibility index (Phi) is 6.61. The van der Waals surface area contributed by atoms with Crippen molar-refractivity contribution in [2.24, 2.45) is 5.92 Å². The fraction of sp³-hybridized carbons (Fsp3) is 0.381. The van der Waals surface area contributed by atoms with E-state index < -0.39 is 15.8 Å². The van der Waals surface area contributed by atoms with Crippen molar-refractivity contribution >= 4 is 27.5 Å². The zero-order valence-electron chi connectivity index (χ0n) is 16.4. The maximum absolute atomic E-state index is 13.4. The standard InChI is InChI=1S/C21H24ClFN2O3S/c1-15(16-6-4-3-5-7-16)24(2)21(26)17-10-12-25(13-11-17)29(27,28)18-8-9-20(23)19(22)14-18/h3-9,14-15,17H,10-13H2,1-2H3. The first-order valence-corrected chi connectivity index (χ1v) is 11.3. The van der Waals surface area contributed by atoms with E-state index in [1.54, 1.807) is 11.9 Å². The molecule has 1 unspecified atom stereocenters. The zero-order chi connectivity index (χ0) is 21.2. The Morgan fingerprint density at radius 1 is 1.17 bits per heavy atom. The highest BCUT2D eigenvalue weighted by atomic mass is 35.5. The molecule has 5 nitrogen and oxygen atoms in total. The van der Waals surface area contributed by atoms with Gasteiger partial charge in [0.25, 0.3) is 0 Å². The molecule has 3 rings (SSSR count). The minimum Gasteiger partial charge on any atom is -0.339 e. The monoisotopic (exact) mass is 438 g/mol. The SMILES string of the molecule is CC(c1ccccc1)N(C)C(=O)C1CCN(S(=O)(=O)c2ccc(F)c(Cl)c2)CC1. The molecule has 0 spiro atoms. The second-order valence-electron chi connectivity index (χ2n) is 7.29. The van der Waals surface area contributed by atoms with Crippen LogP contribution in [0.25, 0.3) is 0 Å². The number of hydrogen-bond donors (Lipinski definition) is 0. The lowest BCUT2D eigenvalue weighted by molar-refractivity contribution is -0.137. The molecule has 2 aromatic carbocycles. The third-order valence-electron chi connectivity index (χ3n) is 5.54. The Balaban J connectivity index is 1.65. The van der Waals surface area contributed by atoms with Crippen molar-refractivity contribution in [1.82, 2.24) is 9.21 Å². The molecule has 1 amide bonds. The van der Waals surface area contributed by atoms with Gasteiger partial charge in [-0.1, -0.05) is 41.9 Å².